The molecule has 3 amide bonds. The second-order valence-electron chi connectivity index (χ2n) is 7.38. The minimum Gasteiger partial charge on any atom is -0.326 e. The molecule has 2 saturated heterocycles. The van der Waals surface area contributed by atoms with Crippen molar-refractivity contribution in [1.82, 2.24) is 9.80 Å². The summed E-state index contributed by atoms with van der Waals surface area (Å²) in [6.45, 7) is 0.0548. The Morgan fingerprint density at radius 1 is 1.06 bits per heavy atom. The highest BCUT2D eigenvalue weighted by Crippen LogP contribution is 2.35. The molecule has 2 atom stereocenters. The van der Waals surface area contributed by atoms with Gasteiger partial charge in [0.2, 0.25) is 0 Å². The molecule has 10 heteroatoms. The number of benzene rings is 2. The minimum atomic E-state index is -4.59. The highest BCUT2D eigenvalue weighted by Gasteiger charge is 2.51. The van der Waals surface area contributed by atoms with Crippen LogP contribution < -0.4 is 5.32 Å². The zero-order valence-electron chi connectivity index (χ0n) is 16.0. The third-order valence-corrected chi connectivity index (χ3v) is 5.83. The van der Waals surface area contributed by atoms with Crippen LogP contribution in [0, 0.1) is 0 Å². The van der Waals surface area contributed by atoms with Gasteiger partial charge in [-0.05, 0) is 36.8 Å². The minimum absolute atomic E-state index is 0.0595. The molecule has 2 aliphatic heterocycles. The Bertz CT molecular complexity index is 1050. The first-order valence-electron chi connectivity index (χ1n) is 9.50. The number of ketones is 1. The number of urea groups is 1. The topological polar surface area (TPSA) is 69.7 Å². The fourth-order valence-electron chi connectivity index (χ4n) is 4.05. The van der Waals surface area contributed by atoms with Crippen LogP contribution in [0.15, 0.2) is 48.5 Å². The zero-order valence-corrected chi connectivity index (χ0v) is 16.8. The van der Waals surface area contributed by atoms with Gasteiger partial charge in [-0.1, -0.05) is 29.8 Å². The molecule has 162 valence electrons. The first-order chi connectivity index (χ1) is 14.7. The lowest BCUT2D eigenvalue weighted by atomic mass is 10.1. The third-order valence-electron chi connectivity index (χ3n) is 5.50. The summed E-state index contributed by atoms with van der Waals surface area (Å²) in [6, 6.07) is 9.04. The molecular weight excluding hydrogens is 435 g/mol. The lowest BCUT2D eigenvalue weighted by Crippen LogP contribution is -2.45. The molecule has 2 fully saturated rings. The molecule has 2 aromatic carbocycles. The molecule has 0 saturated carbocycles. The normalized spacial score (nSPS) is 20.7. The molecule has 1 N–H and O–H groups in total. The summed E-state index contributed by atoms with van der Waals surface area (Å²) < 4.78 is 38.9. The predicted octanol–water partition coefficient (Wildman–Crippen LogP) is 4.06. The number of nitrogens with zero attached hydrogens (tertiary/aromatic N) is 2. The van der Waals surface area contributed by atoms with Crippen molar-refractivity contribution in [2.45, 2.75) is 24.7 Å². The fraction of sp³-hybridized carbons (Fsp3) is 0.286. The largest absolute Gasteiger partial charge is 0.416 e. The van der Waals surface area contributed by atoms with Crippen molar-refractivity contribution in [2.75, 3.05) is 18.4 Å². The fourth-order valence-corrected chi connectivity index (χ4v) is 4.22. The van der Waals surface area contributed by atoms with Gasteiger partial charge in [0.15, 0.2) is 5.78 Å². The maximum absolute atomic E-state index is 13.0. The quantitative estimate of drug-likeness (QED) is 0.748. The van der Waals surface area contributed by atoms with Crippen molar-refractivity contribution in [1.29, 1.82) is 0 Å². The molecule has 0 aliphatic carbocycles. The van der Waals surface area contributed by atoms with Gasteiger partial charge in [-0.3, -0.25) is 9.59 Å². The van der Waals surface area contributed by atoms with Crippen molar-refractivity contribution in [3.63, 3.8) is 0 Å². The van der Waals surface area contributed by atoms with Gasteiger partial charge in [-0.25, -0.2) is 4.79 Å². The van der Waals surface area contributed by atoms with Gasteiger partial charge in [0.05, 0.1) is 28.9 Å². The van der Waals surface area contributed by atoms with Crippen LogP contribution in [0.3, 0.4) is 0 Å². The molecule has 0 unspecified atom stereocenters. The molecule has 31 heavy (non-hydrogen) atoms. The van der Waals surface area contributed by atoms with Crippen LogP contribution >= 0.6 is 11.6 Å². The Morgan fingerprint density at radius 3 is 2.45 bits per heavy atom. The summed E-state index contributed by atoms with van der Waals surface area (Å²) in [5.74, 6) is -0.596. The van der Waals surface area contributed by atoms with Crippen molar-refractivity contribution < 1.29 is 27.6 Å². The number of fused-ring (bicyclic) bond motifs is 1. The van der Waals surface area contributed by atoms with Crippen LogP contribution in [0.2, 0.25) is 5.02 Å². The molecule has 4 rings (SSSR count). The van der Waals surface area contributed by atoms with Crippen molar-refractivity contribution >= 4 is 35.0 Å². The molecule has 2 aromatic rings. The number of likely N-dealkylation sites (tertiary alicyclic amines) is 2. The molecule has 0 radical (unpaired) electrons. The van der Waals surface area contributed by atoms with E-state index in [4.69, 9.17) is 11.6 Å². The molecule has 2 heterocycles. The number of carbonyl (C=O) groups is 3. The molecule has 0 spiro atoms. The van der Waals surface area contributed by atoms with E-state index in [-0.39, 0.29) is 35.5 Å². The van der Waals surface area contributed by atoms with Gasteiger partial charge >= 0.3 is 12.2 Å². The second kappa shape index (κ2) is 7.88. The Balaban J connectivity index is 1.52. The summed E-state index contributed by atoms with van der Waals surface area (Å²) in [5.41, 5.74) is -0.717. The Labute approximate surface area is 180 Å². The third kappa shape index (κ3) is 3.97. The van der Waals surface area contributed by atoms with Gasteiger partial charge in [0.25, 0.3) is 5.91 Å². The van der Waals surface area contributed by atoms with Crippen LogP contribution in [0.5, 0.6) is 0 Å². The molecular formula is C21H17ClF3N3O3. The van der Waals surface area contributed by atoms with E-state index in [1.54, 1.807) is 30.3 Å². The summed E-state index contributed by atoms with van der Waals surface area (Å²) in [7, 11) is 0. The smallest absolute Gasteiger partial charge is 0.326 e. The number of nitrogens with one attached hydrogen (secondary N) is 1. The van der Waals surface area contributed by atoms with Gasteiger partial charge in [0, 0.05) is 12.1 Å². The van der Waals surface area contributed by atoms with E-state index in [0.29, 0.717) is 12.0 Å². The van der Waals surface area contributed by atoms with Crippen LogP contribution in [0.25, 0.3) is 0 Å². The maximum atomic E-state index is 13.0. The van der Waals surface area contributed by atoms with Gasteiger partial charge in [-0.2, -0.15) is 13.2 Å². The first kappa shape index (κ1) is 21.2. The highest BCUT2D eigenvalue weighted by atomic mass is 35.5. The molecule has 0 bridgehead atoms. The Kier molecular flexibility index (Phi) is 5.38. The average molecular weight is 452 g/mol. The van der Waals surface area contributed by atoms with Crippen molar-refractivity contribution in [3.05, 3.63) is 64.7 Å². The lowest BCUT2D eigenvalue weighted by Gasteiger charge is -2.25. The highest BCUT2D eigenvalue weighted by molar-refractivity contribution is 6.33. The van der Waals surface area contributed by atoms with Crippen molar-refractivity contribution in [3.8, 4) is 0 Å². The number of carbonyl (C=O) groups excluding carboxylic acids is 3. The maximum Gasteiger partial charge on any atom is 0.416 e. The van der Waals surface area contributed by atoms with E-state index >= 15 is 0 Å². The summed E-state index contributed by atoms with van der Waals surface area (Å²) >= 11 is 5.95. The zero-order chi connectivity index (χ0) is 22.3. The summed E-state index contributed by atoms with van der Waals surface area (Å²) in [5, 5.41) is 2.31. The average Bonchev–Trinajstić information content (AvgIpc) is 3.30. The van der Waals surface area contributed by atoms with Gasteiger partial charge < -0.3 is 15.1 Å². The first-order valence-corrected chi connectivity index (χ1v) is 9.87. The summed E-state index contributed by atoms with van der Waals surface area (Å²) in [4.78, 5) is 40.9. The van der Waals surface area contributed by atoms with Crippen LogP contribution in [0.1, 0.15) is 22.3 Å². The number of amides is 3. The molecule has 6 nitrogen and oxygen atoms in total. The van der Waals surface area contributed by atoms with E-state index in [9.17, 15) is 27.6 Å². The standard InChI is InChI=1S/C21H17ClF3N3O3/c22-14-7-6-13(21(23,24)25)10-15(14)26-20(31)27-9-8-16-18(27)17(29)11-28(16)19(30)12-4-2-1-3-5-12/h1-7,10,16,18H,8-9,11H2,(H,26,31)/t16-,18-/m0/s1. The van der Waals surface area contributed by atoms with E-state index in [1.165, 1.54) is 9.80 Å². The van der Waals surface area contributed by atoms with Crippen LogP contribution in [-0.4, -0.2) is 52.7 Å². The predicted molar refractivity (Wildman–Crippen MR) is 107 cm³/mol. The van der Waals surface area contributed by atoms with Crippen LogP contribution in [0.4, 0.5) is 23.7 Å². The SMILES string of the molecule is O=C1CN(C(=O)c2ccccc2)[C@H]2CCN(C(=O)Nc3cc(C(F)(F)F)ccc3Cl)[C@H]12. The number of Topliss-reactive ketones (excluding diaryl/α,β-unsaturated/α-hetero) is 1. The monoisotopic (exact) mass is 451 g/mol. The lowest BCUT2D eigenvalue weighted by molar-refractivity contribution is -0.137. The van der Waals surface area contributed by atoms with Crippen LogP contribution in [-0.2, 0) is 11.0 Å². The number of hydrogen-bond acceptors (Lipinski definition) is 3. The van der Waals surface area contributed by atoms with E-state index in [1.807, 2.05) is 0 Å². The number of alkyl halides is 3. The number of rotatable bonds is 2. The number of halogens is 4. The van der Waals surface area contributed by atoms with E-state index < -0.39 is 29.9 Å². The molecule has 2 aliphatic rings. The van der Waals surface area contributed by atoms with Crippen molar-refractivity contribution in [2.24, 2.45) is 0 Å². The summed E-state index contributed by atoms with van der Waals surface area (Å²) in [6.07, 6.45) is -4.21. The number of hydrogen-bond donors (Lipinski definition) is 1. The van der Waals surface area contributed by atoms with E-state index in [2.05, 4.69) is 5.32 Å². The Hall–Kier alpha value is -3.07. The second-order valence-corrected chi connectivity index (χ2v) is 7.79. The number of anilines is 1. The van der Waals surface area contributed by atoms with E-state index in [0.717, 1.165) is 18.2 Å². The Morgan fingerprint density at radius 2 is 1.77 bits per heavy atom. The van der Waals surface area contributed by atoms with Gasteiger partial charge in [-0.15, -0.1) is 0 Å². The molecule has 0 aromatic heterocycles. The van der Waals surface area contributed by atoms with Gasteiger partial charge in [0.1, 0.15) is 6.04 Å².